The van der Waals surface area contributed by atoms with Crippen LogP contribution in [0.15, 0.2) is 53.6 Å². The van der Waals surface area contributed by atoms with Gasteiger partial charge in [0.05, 0.1) is 19.9 Å². The van der Waals surface area contributed by atoms with E-state index in [1.165, 1.54) is 5.56 Å². The summed E-state index contributed by atoms with van der Waals surface area (Å²) in [6.45, 7) is 1.85. The highest BCUT2D eigenvalue weighted by Crippen LogP contribution is 2.47. The van der Waals surface area contributed by atoms with Gasteiger partial charge >= 0.3 is 0 Å². The summed E-state index contributed by atoms with van der Waals surface area (Å²) in [5, 5.41) is 4.24. The molecule has 5 nitrogen and oxygen atoms in total. The average molecular weight is 338 g/mol. The zero-order valence-corrected chi connectivity index (χ0v) is 14.7. The van der Waals surface area contributed by atoms with Crippen molar-refractivity contribution in [1.82, 2.24) is 5.43 Å². The van der Waals surface area contributed by atoms with Crippen molar-refractivity contribution in [2.75, 3.05) is 14.2 Å². The molecule has 0 saturated heterocycles. The Bertz CT molecular complexity index is 787. The lowest BCUT2D eigenvalue weighted by molar-refractivity contribution is -0.122. The van der Waals surface area contributed by atoms with Crippen LogP contribution in [0.4, 0.5) is 0 Å². The smallest absolute Gasteiger partial charge is 0.243 e. The van der Waals surface area contributed by atoms with Gasteiger partial charge in [-0.1, -0.05) is 30.3 Å². The van der Waals surface area contributed by atoms with E-state index in [2.05, 4.69) is 22.7 Å². The van der Waals surface area contributed by atoms with Crippen LogP contribution >= 0.6 is 0 Å². The summed E-state index contributed by atoms with van der Waals surface area (Å²) in [4.78, 5) is 12.3. The maximum atomic E-state index is 12.3. The molecule has 1 amide bonds. The summed E-state index contributed by atoms with van der Waals surface area (Å²) in [6, 6.07) is 15.7. The fraction of sp³-hybridized carbons (Fsp3) is 0.300. The van der Waals surface area contributed by atoms with Gasteiger partial charge in [-0.2, -0.15) is 5.10 Å². The van der Waals surface area contributed by atoms with Gasteiger partial charge in [0, 0.05) is 11.5 Å². The van der Waals surface area contributed by atoms with Gasteiger partial charge in [0.1, 0.15) is 0 Å². The molecule has 0 bridgehead atoms. The third-order valence-corrected chi connectivity index (χ3v) is 4.49. The largest absolute Gasteiger partial charge is 0.493 e. The van der Waals surface area contributed by atoms with E-state index in [1.807, 2.05) is 43.3 Å². The molecule has 1 N–H and O–H groups in total. The van der Waals surface area contributed by atoms with Gasteiger partial charge in [0.15, 0.2) is 11.5 Å². The molecule has 0 heterocycles. The minimum absolute atomic E-state index is 0.00403. The molecule has 1 aliphatic rings. The number of hydrogen-bond donors (Lipinski definition) is 1. The SMILES string of the molecule is COc1ccc(/C(C)=N\NC(=O)[C@H]2C[C@@H]2c2ccccc2)cc1OC. The van der Waals surface area contributed by atoms with E-state index in [-0.39, 0.29) is 11.8 Å². The Kier molecular flexibility index (Phi) is 5.03. The van der Waals surface area contributed by atoms with Crippen molar-refractivity contribution in [2.45, 2.75) is 19.3 Å². The van der Waals surface area contributed by atoms with Crippen LogP contribution in [0.5, 0.6) is 11.5 Å². The van der Waals surface area contributed by atoms with Gasteiger partial charge in [-0.25, -0.2) is 5.43 Å². The molecule has 0 unspecified atom stereocenters. The molecule has 2 atom stereocenters. The molecule has 1 fully saturated rings. The Morgan fingerprint density at radius 2 is 1.80 bits per heavy atom. The first-order chi connectivity index (χ1) is 12.1. The summed E-state index contributed by atoms with van der Waals surface area (Å²) in [5.74, 6) is 1.56. The maximum absolute atomic E-state index is 12.3. The molecule has 1 aliphatic carbocycles. The Morgan fingerprint density at radius 1 is 1.08 bits per heavy atom. The number of nitrogens with one attached hydrogen (secondary N) is 1. The second-order valence-corrected chi connectivity index (χ2v) is 6.10. The normalized spacial score (nSPS) is 19.2. The quantitative estimate of drug-likeness (QED) is 0.649. The summed E-state index contributed by atoms with van der Waals surface area (Å²) in [6.07, 6.45) is 0.876. The fourth-order valence-electron chi connectivity index (χ4n) is 2.90. The fourth-order valence-corrected chi connectivity index (χ4v) is 2.90. The van der Waals surface area contributed by atoms with Crippen LogP contribution in [-0.4, -0.2) is 25.8 Å². The molecule has 3 rings (SSSR count). The van der Waals surface area contributed by atoms with E-state index in [9.17, 15) is 4.79 Å². The summed E-state index contributed by atoms with van der Waals surface area (Å²) < 4.78 is 10.5. The number of amides is 1. The van der Waals surface area contributed by atoms with Gasteiger partial charge in [-0.05, 0) is 43.0 Å². The third-order valence-electron chi connectivity index (χ3n) is 4.49. The van der Waals surface area contributed by atoms with Crippen molar-refractivity contribution in [3.8, 4) is 11.5 Å². The van der Waals surface area contributed by atoms with Crippen molar-refractivity contribution in [3.63, 3.8) is 0 Å². The molecule has 0 spiro atoms. The summed E-state index contributed by atoms with van der Waals surface area (Å²) in [5.41, 5.74) is 5.48. The molecule has 130 valence electrons. The molecule has 1 saturated carbocycles. The first-order valence-corrected chi connectivity index (χ1v) is 8.25. The first kappa shape index (κ1) is 17.0. The first-order valence-electron chi connectivity index (χ1n) is 8.25. The van der Waals surface area contributed by atoms with Crippen molar-refractivity contribution in [3.05, 3.63) is 59.7 Å². The van der Waals surface area contributed by atoms with Gasteiger partial charge in [0.25, 0.3) is 0 Å². The monoisotopic (exact) mass is 338 g/mol. The van der Waals surface area contributed by atoms with Gasteiger partial charge in [-0.15, -0.1) is 0 Å². The zero-order chi connectivity index (χ0) is 17.8. The number of carbonyl (C=O) groups is 1. The molecular formula is C20H22N2O3. The Hall–Kier alpha value is -2.82. The summed E-state index contributed by atoms with van der Waals surface area (Å²) >= 11 is 0. The van der Waals surface area contributed by atoms with Crippen molar-refractivity contribution in [1.29, 1.82) is 0 Å². The Labute approximate surface area is 147 Å². The number of ether oxygens (including phenoxy) is 2. The molecule has 25 heavy (non-hydrogen) atoms. The molecule has 2 aromatic carbocycles. The van der Waals surface area contributed by atoms with E-state index in [0.717, 1.165) is 12.0 Å². The minimum Gasteiger partial charge on any atom is -0.493 e. The van der Waals surface area contributed by atoms with E-state index in [4.69, 9.17) is 9.47 Å². The van der Waals surface area contributed by atoms with Crippen LogP contribution < -0.4 is 14.9 Å². The second kappa shape index (κ2) is 7.38. The third kappa shape index (κ3) is 3.82. The van der Waals surface area contributed by atoms with Gasteiger partial charge < -0.3 is 9.47 Å². The van der Waals surface area contributed by atoms with E-state index < -0.39 is 0 Å². The van der Waals surface area contributed by atoms with Crippen molar-refractivity contribution < 1.29 is 14.3 Å². The molecule has 0 aromatic heterocycles. The average Bonchev–Trinajstić information content (AvgIpc) is 3.47. The van der Waals surface area contributed by atoms with Crippen molar-refractivity contribution >= 4 is 11.6 Å². The highest BCUT2D eigenvalue weighted by atomic mass is 16.5. The Morgan fingerprint density at radius 3 is 2.48 bits per heavy atom. The number of carbonyl (C=O) groups excluding carboxylic acids is 1. The number of nitrogens with zero attached hydrogens (tertiary/aromatic N) is 1. The van der Waals surface area contributed by atoms with Crippen LogP contribution in [0.1, 0.15) is 30.4 Å². The molecule has 0 radical (unpaired) electrons. The standard InChI is InChI=1S/C20H22N2O3/c1-13(15-9-10-18(24-2)19(11-15)25-3)21-22-20(23)17-12-16(17)14-7-5-4-6-8-14/h4-11,16-17H,12H2,1-3H3,(H,22,23)/b21-13-/t16-,17+/m1/s1. The van der Waals surface area contributed by atoms with Crippen molar-refractivity contribution in [2.24, 2.45) is 11.0 Å². The van der Waals surface area contributed by atoms with E-state index in [0.29, 0.717) is 23.1 Å². The van der Waals surface area contributed by atoms with Crippen LogP contribution in [-0.2, 0) is 4.79 Å². The topological polar surface area (TPSA) is 59.9 Å². The lowest BCUT2D eigenvalue weighted by Crippen LogP contribution is -2.21. The predicted molar refractivity (Wildman–Crippen MR) is 97.2 cm³/mol. The van der Waals surface area contributed by atoms with Crippen LogP contribution in [0.25, 0.3) is 0 Å². The molecular weight excluding hydrogens is 316 g/mol. The molecule has 2 aromatic rings. The van der Waals surface area contributed by atoms with E-state index >= 15 is 0 Å². The summed E-state index contributed by atoms with van der Waals surface area (Å²) in [7, 11) is 3.18. The van der Waals surface area contributed by atoms with Crippen LogP contribution in [0.3, 0.4) is 0 Å². The zero-order valence-electron chi connectivity index (χ0n) is 14.7. The minimum atomic E-state index is -0.0336. The number of hydrazone groups is 1. The lowest BCUT2D eigenvalue weighted by Gasteiger charge is -2.09. The predicted octanol–water partition coefficient (Wildman–Crippen LogP) is 3.35. The highest BCUT2D eigenvalue weighted by Gasteiger charge is 2.43. The molecule has 5 heteroatoms. The van der Waals surface area contributed by atoms with Crippen LogP contribution in [0, 0.1) is 5.92 Å². The maximum Gasteiger partial charge on any atom is 0.243 e. The number of methoxy groups -OCH3 is 2. The van der Waals surface area contributed by atoms with Crippen LogP contribution in [0.2, 0.25) is 0 Å². The lowest BCUT2D eigenvalue weighted by atomic mass is 10.1. The molecule has 0 aliphatic heterocycles. The van der Waals surface area contributed by atoms with Gasteiger partial charge in [0.2, 0.25) is 5.91 Å². The van der Waals surface area contributed by atoms with E-state index in [1.54, 1.807) is 14.2 Å². The van der Waals surface area contributed by atoms with Gasteiger partial charge in [-0.3, -0.25) is 4.79 Å². The Balaban J connectivity index is 1.63. The second-order valence-electron chi connectivity index (χ2n) is 6.10. The number of rotatable bonds is 6. The number of benzene rings is 2. The number of hydrogen-bond acceptors (Lipinski definition) is 4. The highest BCUT2D eigenvalue weighted by molar-refractivity contribution is 6.00.